The third-order valence-corrected chi connectivity index (χ3v) is 4.02. The van der Waals surface area contributed by atoms with Crippen molar-refractivity contribution in [3.8, 4) is 16.9 Å². The number of nitrogens with one attached hydrogen (secondary N) is 1. The van der Waals surface area contributed by atoms with Crippen LogP contribution in [0.5, 0.6) is 5.75 Å². The molecule has 0 aliphatic carbocycles. The molecule has 1 heterocycles. The van der Waals surface area contributed by atoms with Crippen molar-refractivity contribution >= 4 is 5.71 Å². The Labute approximate surface area is 140 Å². The van der Waals surface area contributed by atoms with Crippen molar-refractivity contribution in [1.82, 2.24) is 4.98 Å². The number of aromatic hydroxyl groups is 1. The molecule has 0 fully saturated rings. The Morgan fingerprint density at radius 1 is 1.04 bits per heavy atom. The molecule has 0 saturated carbocycles. The normalized spacial score (nSPS) is 10.6. The zero-order valence-corrected chi connectivity index (χ0v) is 13.3. The second-order valence-electron chi connectivity index (χ2n) is 5.54. The molecule has 0 spiro atoms. The fourth-order valence-corrected chi connectivity index (χ4v) is 2.74. The van der Waals surface area contributed by atoms with Crippen LogP contribution in [-0.2, 0) is 6.61 Å². The van der Waals surface area contributed by atoms with Gasteiger partial charge in [-0.15, -0.1) is 0 Å². The Morgan fingerprint density at radius 2 is 1.71 bits per heavy atom. The molecule has 0 radical (unpaired) electrons. The summed E-state index contributed by atoms with van der Waals surface area (Å²) in [5, 5.41) is 28.6. The maximum absolute atomic E-state index is 10.4. The molecule has 0 aliphatic rings. The number of aryl methyl sites for hydroxylation is 1. The molecule has 3 aromatic rings. The highest BCUT2D eigenvalue weighted by molar-refractivity contribution is 6.16. The van der Waals surface area contributed by atoms with E-state index in [1.165, 1.54) is 6.20 Å². The van der Waals surface area contributed by atoms with Crippen LogP contribution in [0.15, 0.2) is 60.8 Å². The van der Waals surface area contributed by atoms with Gasteiger partial charge >= 0.3 is 0 Å². The summed E-state index contributed by atoms with van der Waals surface area (Å²) >= 11 is 0. The quantitative estimate of drug-likeness (QED) is 0.642. The summed E-state index contributed by atoms with van der Waals surface area (Å²) in [6.45, 7) is 1.39. The predicted octanol–water partition coefficient (Wildman–Crippen LogP) is 3.67. The van der Waals surface area contributed by atoms with Crippen molar-refractivity contribution in [2.24, 2.45) is 0 Å². The number of aliphatic hydroxyl groups excluding tert-OH is 1. The molecule has 2 aromatic carbocycles. The van der Waals surface area contributed by atoms with E-state index in [1.54, 1.807) is 6.92 Å². The van der Waals surface area contributed by atoms with Crippen molar-refractivity contribution < 1.29 is 10.2 Å². The van der Waals surface area contributed by atoms with E-state index >= 15 is 0 Å². The Balaban J connectivity index is 2.19. The summed E-state index contributed by atoms with van der Waals surface area (Å²) in [4.78, 5) is 4.06. The molecule has 0 bridgehead atoms. The number of hydrogen-bond acceptors (Lipinski definition) is 4. The molecule has 0 saturated heterocycles. The maximum atomic E-state index is 10.4. The van der Waals surface area contributed by atoms with Gasteiger partial charge in [-0.05, 0) is 18.1 Å². The molecule has 0 unspecified atom stereocenters. The van der Waals surface area contributed by atoms with Crippen LogP contribution in [0.2, 0.25) is 0 Å². The number of aliphatic hydroxyl groups is 1. The molecule has 120 valence electrons. The van der Waals surface area contributed by atoms with Gasteiger partial charge < -0.3 is 10.2 Å². The smallest absolute Gasteiger partial charge is 0.146 e. The lowest BCUT2D eigenvalue weighted by molar-refractivity contribution is 0.280. The van der Waals surface area contributed by atoms with Crippen LogP contribution in [0.3, 0.4) is 0 Å². The van der Waals surface area contributed by atoms with Gasteiger partial charge in [-0.25, -0.2) is 0 Å². The third-order valence-electron chi connectivity index (χ3n) is 4.02. The summed E-state index contributed by atoms with van der Waals surface area (Å²) in [6, 6.07) is 17.4. The number of hydrogen-bond donors (Lipinski definition) is 3. The third kappa shape index (κ3) is 2.79. The van der Waals surface area contributed by atoms with E-state index < -0.39 is 0 Å². The summed E-state index contributed by atoms with van der Waals surface area (Å²) in [6.07, 6.45) is 1.50. The van der Waals surface area contributed by atoms with E-state index in [-0.39, 0.29) is 18.1 Å². The average Bonchev–Trinajstić information content (AvgIpc) is 2.64. The molecular formula is C20H18N2O2. The molecule has 0 atom stereocenters. The standard InChI is InChI=1S/C20H18N2O2/c1-13-20(24)18(15(12-23)11-22-13)19(21)17-10-6-5-9-16(17)14-7-3-2-4-8-14/h2-11,21,23-24H,12H2,1H3. The molecule has 4 nitrogen and oxygen atoms in total. The molecule has 3 rings (SSSR count). The summed E-state index contributed by atoms with van der Waals surface area (Å²) < 4.78 is 0. The first kappa shape index (κ1) is 15.9. The fourth-order valence-electron chi connectivity index (χ4n) is 2.74. The minimum atomic E-state index is -0.286. The van der Waals surface area contributed by atoms with Gasteiger partial charge in [0.1, 0.15) is 5.75 Å². The topological polar surface area (TPSA) is 77.2 Å². The molecule has 1 aromatic heterocycles. The van der Waals surface area contributed by atoms with Crippen LogP contribution >= 0.6 is 0 Å². The van der Waals surface area contributed by atoms with E-state index in [0.717, 1.165) is 11.1 Å². The molecule has 0 aliphatic heterocycles. The number of rotatable bonds is 4. The van der Waals surface area contributed by atoms with E-state index in [9.17, 15) is 10.2 Å². The summed E-state index contributed by atoms with van der Waals surface area (Å²) in [5.41, 5.74) is 3.96. The number of pyridine rings is 1. The lowest BCUT2D eigenvalue weighted by atomic mass is 9.91. The van der Waals surface area contributed by atoms with Crippen molar-refractivity contribution in [3.05, 3.63) is 83.2 Å². The highest BCUT2D eigenvalue weighted by atomic mass is 16.3. The van der Waals surface area contributed by atoms with Crippen molar-refractivity contribution in [2.45, 2.75) is 13.5 Å². The van der Waals surface area contributed by atoms with Crippen LogP contribution in [0, 0.1) is 12.3 Å². The van der Waals surface area contributed by atoms with Crippen LogP contribution in [-0.4, -0.2) is 20.9 Å². The summed E-state index contributed by atoms with van der Waals surface area (Å²) in [7, 11) is 0. The number of nitrogens with zero attached hydrogens (tertiary/aromatic N) is 1. The first-order valence-corrected chi connectivity index (χ1v) is 7.65. The van der Waals surface area contributed by atoms with Crippen LogP contribution < -0.4 is 0 Å². The van der Waals surface area contributed by atoms with Gasteiger partial charge in [-0.1, -0.05) is 54.6 Å². The van der Waals surface area contributed by atoms with Crippen LogP contribution in [0.1, 0.15) is 22.4 Å². The van der Waals surface area contributed by atoms with E-state index in [2.05, 4.69) is 4.98 Å². The number of benzene rings is 2. The largest absolute Gasteiger partial charge is 0.505 e. The Morgan fingerprint density at radius 3 is 2.42 bits per heavy atom. The zero-order chi connectivity index (χ0) is 17.1. The van der Waals surface area contributed by atoms with Gasteiger partial charge in [0, 0.05) is 17.3 Å². The molecule has 24 heavy (non-hydrogen) atoms. The molecular weight excluding hydrogens is 300 g/mol. The second-order valence-corrected chi connectivity index (χ2v) is 5.54. The van der Waals surface area contributed by atoms with Crippen LogP contribution in [0.25, 0.3) is 11.1 Å². The van der Waals surface area contributed by atoms with Gasteiger partial charge in [0.15, 0.2) is 0 Å². The first-order valence-electron chi connectivity index (χ1n) is 7.65. The Bertz CT molecular complexity index is 889. The van der Waals surface area contributed by atoms with Gasteiger partial charge in [0.25, 0.3) is 0 Å². The fraction of sp³-hybridized carbons (Fsp3) is 0.100. The molecule has 0 amide bonds. The maximum Gasteiger partial charge on any atom is 0.146 e. The lowest BCUT2D eigenvalue weighted by Gasteiger charge is -2.15. The van der Waals surface area contributed by atoms with Gasteiger partial charge in [-0.2, -0.15) is 0 Å². The average molecular weight is 318 g/mol. The molecule has 4 heteroatoms. The SMILES string of the molecule is Cc1ncc(CO)c(C(=N)c2ccccc2-c2ccccc2)c1O. The van der Waals surface area contributed by atoms with Crippen molar-refractivity contribution in [2.75, 3.05) is 0 Å². The highest BCUT2D eigenvalue weighted by Gasteiger charge is 2.19. The first-order chi connectivity index (χ1) is 11.6. The summed E-state index contributed by atoms with van der Waals surface area (Å²) in [5.74, 6) is -0.0607. The van der Waals surface area contributed by atoms with Crippen LogP contribution in [0.4, 0.5) is 0 Å². The van der Waals surface area contributed by atoms with E-state index in [4.69, 9.17) is 5.41 Å². The number of aromatic nitrogens is 1. The van der Waals surface area contributed by atoms with Gasteiger partial charge in [0.2, 0.25) is 0 Å². The van der Waals surface area contributed by atoms with Gasteiger partial charge in [0.05, 0.1) is 23.6 Å². The van der Waals surface area contributed by atoms with Crippen molar-refractivity contribution in [1.29, 1.82) is 5.41 Å². The molecule has 3 N–H and O–H groups in total. The minimum Gasteiger partial charge on any atom is -0.505 e. The van der Waals surface area contributed by atoms with Gasteiger partial charge in [-0.3, -0.25) is 10.4 Å². The van der Waals surface area contributed by atoms with Crippen molar-refractivity contribution in [3.63, 3.8) is 0 Å². The monoisotopic (exact) mass is 318 g/mol. The highest BCUT2D eigenvalue weighted by Crippen LogP contribution is 2.31. The van der Waals surface area contributed by atoms with E-state index in [0.29, 0.717) is 22.4 Å². The Hall–Kier alpha value is -2.98. The second kappa shape index (κ2) is 6.64. The van der Waals surface area contributed by atoms with E-state index in [1.807, 2.05) is 54.6 Å². The Kier molecular flexibility index (Phi) is 4.40. The zero-order valence-electron chi connectivity index (χ0n) is 13.3. The minimum absolute atomic E-state index is 0.0607. The predicted molar refractivity (Wildman–Crippen MR) is 94.4 cm³/mol. The lowest BCUT2D eigenvalue weighted by Crippen LogP contribution is -2.09.